The Balaban J connectivity index is 2.19. The molecular weight excluding hydrogens is 220 g/mol. The zero-order valence-corrected chi connectivity index (χ0v) is 11.2. The lowest BCUT2D eigenvalue weighted by atomic mass is 9.95. The van der Waals surface area contributed by atoms with E-state index < -0.39 is 0 Å². The van der Waals surface area contributed by atoms with Gasteiger partial charge in [-0.2, -0.15) is 0 Å². The van der Waals surface area contributed by atoms with Crippen molar-refractivity contribution in [3.05, 3.63) is 35.0 Å². The highest BCUT2D eigenvalue weighted by Crippen LogP contribution is 2.32. The Morgan fingerprint density at radius 2 is 2.06 bits per heavy atom. The van der Waals surface area contributed by atoms with Crippen LogP contribution in [-0.2, 0) is 19.4 Å². The minimum Gasteiger partial charge on any atom is -0.344 e. The Hall–Kier alpha value is -1.28. The largest absolute Gasteiger partial charge is 0.344 e. The van der Waals surface area contributed by atoms with Crippen molar-refractivity contribution in [1.29, 1.82) is 0 Å². The van der Waals surface area contributed by atoms with Crippen LogP contribution < -0.4 is 5.73 Å². The molecule has 1 aliphatic rings. The molecule has 0 amide bonds. The molecule has 3 rings (SSSR count). The van der Waals surface area contributed by atoms with Gasteiger partial charge in [-0.05, 0) is 63.3 Å². The number of fused-ring (bicyclic) bond motifs is 3. The molecule has 2 aromatic rings. The Bertz CT molecular complexity index is 566. The first kappa shape index (κ1) is 11.8. The van der Waals surface area contributed by atoms with Crippen molar-refractivity contribution < 1.29 is 0 Å². The molecule has 0 radical (unpaired) electrons. The predicted molar refractivity (Wildman–Crippen MR) is 77.0 cm³/mol. The van der Waals surface area contributed by atoms with Crippen LogP contribution in [0.1, 0.15) is 36.1 Å². The third-order valence-electron chi connectivity index (χ3n) is 4.12. The summed E-state index contributed by atoms with van der Waals surface area (Å²) in [6, 6.07) is 6.88. The Labute approximate surface area is 109 Å². The predicted octanol–water partition coefficient (Wildman–Crippen LogP) is 3.18. The second kappa shape index (κ2) is 4.77. The molecule has 0 unspecified atom stereocenters. The van der Waals surface area contributed by atoms with Crippen LogP contribution in [0, 0.1) is 6.92 Å². The van der Waals surface area contributed by atoms with Gasteiger partial charge >= 0.3 is 0 Å². The van der Waals surface area contributed by atoms with E-state index in [-0.39, 0.29) is 0 Å². The number of aryl methyl sites for hydroxylation is 3. The molecule has 2 heteroatoms. The normalized spacial score (nSPS) is 15.0. The van der Waals surface area contributed by atoms with Gasteiger partial charge in [-0.3, -0.25) is 0 Å². The van der Waals surface area contributed by atoms with Gasteiger partial charge in [0, 0.05) is 23.1 Å². The maximum atomic E-state index is 5.68. The SMILES string of the molecule is Cc1ccc2c(c1)c1c(n2CCCN)CCCC1. The summed E-state index contributed by atoms with van der Waals surface area (Å²) in [5.74, 6) is 0. The minimum atomic E-state index is 0.778. The third-order valence-corrected chi connectivity index (χ3v) is 4.12. The third kappa shape index (κ3) is 1.85. The van der Waals surface area contributed by atoms with E-state index in [0.29, 0.717) is 0 Å². The summed E-state index contributed by atoms with van der Waals surface area (Å²) in [5.41, 5.74) is 11.6. The van der Waals surface area contributed by atoms with E-state index in [4.69, 9.17) is 5.73 Å². The first-order valence-corrected chi connectivity index (χ1v) is 7.12. The molecule has 18 heavy (non-hydrogen) atoms. The number of hydrogen-bond acceptors (Lipinski definition) is 1. The van der Waals surface area contributed by atoms with Crippen molar-refractivity contribution in [2.75, 3.05) is 6.54 Å². The first-order chi connectivity index (χ1) is 8.81. The highest BCUT2D eigenvalue weighted by molar-refractivity contribution is 5.86. The fourth-order valence-electron chi connectivity index (χ4n) is 3.25. The van der Waals surface area contributed by atoms with Gasteiger partial charge in [-0.15, -0.1) is 0 Å². The fourth-order valence-corrected chi connectivity index (χ4v) is 3.25. The van der Waals surface area contributed by atoms with Crippen molar-refractivity contribution in [1.82, 2.24) is 4.57 Å². The topological polar surface area (TPSA) is 30.9 Å². The monoisotopic (exact) mass is 242 g/mol. The summed E-state index contributed by atoms with van der Waals surface area (Å²) >= 11 is 0. The second-order valence-corrected chi connectivity index (χ2v) is 5.45. The van der Waals surface area contributed by atoms with E-state index in [0.717, 1.165) is 19.5 Å². The molecule has 0 atom stereocenters. The number of rotatable bonds is 3. The Kier molecular flexibility index (Phi) is 3.13. The van der Waals surface area contributed by atoms with Gasteiger partial charge < -0.3 is 10.3 Å². The minimum absolute atomic E-state index is 0.778. The average molecular weight is 242 g/mol. The molecule has 1 aromatic heterocycles. The van der Waals surface area contributed by atoms with Crippen LogP contribution in [0.4, 0.5) is 0 Å². The number of aromatic nitrogens is 1. The Morgan fingerprint density at radius 1 is 1.22 bits per heavy atom. The highest BCUT2D eigenvalue weighted by atomic mass is 15.0. The molecule has 2 N–H and O–H groups in total. The molecule has 0 bridgehead atoms. The lowest BCUT2D eigenvalue weighted by molar-refractivity contribution is 0.596. The van der Waals surface area contributed by atoms with Gasteiger partial charge in [0.25, 0.3) is 0 Å². The van der Waals surface area contributed by atoms with Crippen LogP contribution in [-0.4, -0.2) is 11.1 Å². The van der Waals surface area contributed by atoms with Crippen LogP contribution in [0.15, 0.2) is 18.2 Å². The van der Waals surface area contributed by atoms with Crippen LogP contribution in [0.5, 0.6) is 0 Å². The van der Waals surface area contributed by atoms with Crippen molar-refractivity contribution in [3.63, 3.8) is 0 Å². The summed E-state index contributed by atoms with van der Waals surface area (Å²) in [5, 5.41) is 1.49. The molecule has 0 saturated carbocycles. The van der Waals surface area contributed by atoms with E-state index >= 15 is 0 Å². The molecule has 1 aliphatic carbocycles. The van der Waals surface area contributed by atoms with Crippen LogP contribution >= 0.6 is 0 Å². The quantitative estimate of drug-likeness (QED) is 0.880. The van der Waals surface area contributed by atoms with Crippen molar-refractivity contribution in [2.24, 2.45) is 5.73 Å². The zero-order valence-electron chi connectivity index (χ0n) is 11.2. The van der Waals surface area contributed by atoms with Crippen LogP contribution in [0.2, 0.25) is 0 Å². The average Bonchev–Trinajstić information content (AvgIpc) is 2.70. The lowest BCUT2D eigenvalue weighted by Gasteiger charge is -2.15. The summed E-state index contributed by atoms with van der Waals surface area (Å²) in [6.07, 6.45) is 6.25. The maximum absolute atomic E-state index is 5.68. The summed E-state index contributed by atoms with van der Waals surface area (Å²) < 4.78 is 2.52. The number of benzene rings is 1. The van der Waals surface area contributed by atoms with Gasteiger partial charge in [0.05, 0.1) is 0 Å². The molecule has 1 aromatic carbocycles. The molecular formula is C16H22N2. The molecule has 0 saturated heterocycles. The van der Waals surface area contributed by atoms with Crippen LogP contribution in [0.25, 0.3) is 10.9 Å². The van der Waals surface area contributed by atoms with Gasteiger partial charge in [-0.25, -0.2) is 0 Å². The fraction of sp³-hybridized carbons (Fsp3) is 0.500. The Morgan fingerprint density at radius 3 is 2.89 bits per heavy atom. The van der Waals surface area contributed by atoms with E-state index in [2.05, 4.69) is 29.7 Å². The molecule has 96 valence electrons. The molecule has 0 spiro atoms. The number of hydrogen-bond donors (Lipinski definition) is 1. The second-order valence-electron chi connectivity index (χ2n) is 5.45. The first-order valence-electron chi connectivity index (χ1n) is 7.12. The standard InChI is InChI=1S/C16H22N2/c1-12-7-8-16-14(11-12)13-5-2-3-6-15(13)18(16)10-4-9-17/h7-8,11H,2-6,9-10,17H2,1H3. The van der Waals surface area contributed by atoms with E-state index in [1.807, 2.05) is 0 Å². The summed E-state index contributed by atoms with van der Waals surface area (Å²) in [4.78, 5) is 0. The smallest absolute Gasteiger partial charge is 0.0485 e. The van der Waals surface area contributed by atoms with Gasteiger partial charge in [-0.1, -0.05) is 11.6 Å². The van der Waals surface area contributed by atoms with Gasteiger partial charge in [0.2, 0.25) is 0 Å². The van der Waals surface area contributed by atoms with Gasteiger partial charge in [0.1, 0.15) is 0 Å². The molecule has 0 fully saturated rings. The van der Waals surface area contributed by atoms with Crippen molar-refractivity contribution in [2.45, 2.75) is 45.6 Å². The van der Waals surface area contributed by atoms with E-state index in [1.54, 1.807) is 11.3 Å². The maximum Gasteiger partial charge on any atom is 0.0485 e. The highest BCUT2D eigenvalue weighted by Gasteiger charge is 2.19. The van der Waals surface area contributed by atoms with Crippen LogP contribution in [0.3, 0.4) is 0 Å². The molecule has 2 nitrogen and oxygen atoms in total. The number of nitrogens with two attached hydrogens (primary N) is 1. The molecule has 0 aliphatic heterocycles. The summed E-state index contributed by atoms with van der Waals surface area (Å²) in [7, 11) is 0. The van der Waals surface area contributed by atoms with Crippen molar-refractivity contribution >= 4 is 10.9 Å². The van der Waals surface area contributed by atoms with Crippen molar-refractivity contribution in [3.8, 4) is 0 Å². The van der Waals surface area contributed by atoms with E-state index in [9.17, 15) is 0 Å². The zero-order chi connectivity index (χ0) is 12.5. The lowest BCUT2D eigenvalue weighted by Crippen LogP contribution is -2.11. The van der Waals surface area contributed by atoms with E-state index in [1.165, 1.54) is 42.1 Å². The van der Waals surface area contributed by atoms with Gasteiger partial charge in [0.15, 0.2) is 0 Å². The summed E-state index contributed by atoms with van der Waals surface area (Å²) in [6.45, 7) is 4.04. The number of nitrogens with zero attached hydrogens (tertiary/aromatic N) is 1. The molecule has 1 heterocycles.